The first-order valence-corrected chi connectivity index (χ1v) is 6.02. The highest BCUT2D eigenvalue weighted by Crippen LogP contribution is 2.24. The van der Waals surface area contributed by atoms with Crippen molar-refractivity contribution in [3.63, 3.8) is 0 Å². The van der Waals surface area contributed by atoms with Crippen molar-refractivity contribution >= 4 is 0 Å². The molecule has 0 aliphatic heterocycles. The Balaban J connectivity index is 2.72. The molecule has 1 aromatic carbocycles. The molecular weight excluding hydrogens is 262 g/mol. The van der Waals surface area contributed by atoms with Crippen LogP contribution in [0.5, 0.6) is 0 Å². The second-order valence-corrected chi connectivity index (χ2v) is 4.15. The summed E-state index contributed by atoms with van der Waals surface area (Å²) in [5.74, 6) is -0.461. The standard InChI is InChI=1S/C13H17F4NO/c1-3-18-12(8-19-9(2)13(15,16)17)10-6-4-5-7-11(10)14/h4-7,9,12,18H,3,8H2,1-2H3. The number of hydrogen-bond acceptors (Lipinski definition) is 2. The summed E-state index contributed by atoms with van der Waals surface area (Å²) in [5.41, 5.74) is 0.304. The molecule has 0 amide bonds. The van der Waals surface area contributed by atoms with Gasteiger partial charge in [-0.15, -0.1) is 0 Å². The lowest BCUT2D eigenvalue weighted by Crippen LogP contribution is -2.33. The zero-order valence-corrected chi connectivity index (χ0v) is 10.8. The topological polar surface area (TPSA) is 21.3 Å². The van der Waals surface area contributed by atoms with Crippen LogP contribution in [0.3, 0.4) is 0 Å². The summed E-state index contributed by atoms with van der Waals surface area (Å²) < 4.78 is 55.4. The minimum absolute atomic E-state index is 0.241. The first kappa shape index (κ1) is 15.9. The van der Waals surface area contributed by atoms with Crippen LogP contribution in [0.1, 0.15) is 25.5 Å². The van der Waals surface area contributed by atoms with Gasteiger partial charge in [0, 0.05) is 5.56 Å². The molecule has 6 heteroatoms. The molecule has 19 heavy (non-hydrogen) atoms. The molecule has 1 aromatic rings. The van der Waals surface area contributed by atoms with E-state index >= 15 is 0 Å². The van der Waals surface area contributed by atoms with Crippen molar-refractivity contribution in [2.75, 3.05) is 13.2 Å². The molecule has 0 saturated heterocycles. The summed E-state index contributed by atoms with van der Waals surface area (Å²) >= 11 is 0. The number of ether oxygens (including phenoxy) is 1. The molecule has 0 spiro atoms. The Bertz CT molecular complexity index is 394. The minimum atomic E-state index is -4.41. The Morgan fingerprint density at radius 3 is 2.42 bits per heavy atom. The number of benzene rings is 1. The molecule has 0 fully saturated rings. The van der Waals surface area contributed by atoms with Gasteiger partial charge in [-0.05, 0) is 19.5 Å². The fourth-order valence-corrected chi connectivity index (χ4v) is 1.60. The van der Waals surface area contributed by atoms with Crippen LogP contribution in [-0.2, 0) is 4.74 Å². The van der Waals surface area contributed by atoms with Crippen molar-refractivity contribution in [1.29, 1.82) is 0 Å². The molecule has 0 radical (unpaired) electrons. The van der Waals surface area contributed by atoms with Crippen molar-refractivity contribution in [2.45, 2.75) is 32.2 Å². The number of alkyl halides is 3. The number of rotatable bonds is 6. The van der Waals surface area contributed by atoms with Crippen molar-refractivity contribution in [2.24, 2.45) is 0 Å². The maximum atomic E-state index is 13.6. The van der Waals surface area contributed by atoms with Crippen LogP contribution >= 0.6 is 0 Å². The molecule has 0 bridgehead atoms. The van der Waals surface area contributed by atoms with Crippen LogP contribution in [0.4, 0.5) is 17.6 Å². The monoisotopic (exact) mass is 279 g/mol. The first-order chi connectivity index (χ1) is 8.86. The van der Waals surface area contributed by atoms with Gasteiger partial charge < -0.3 is 10.1 Å². The Labute approximate surface area is 109 Å². The van der Waals surface area contributed by atoms with Gasteiger partial charge in [-0.25, -0.2) is 4.39 Å². The molecule has 1 rings (SSSR count). The third-order valence-electron chi connectivity index (χ3n) is 2.71. The largest absolute Gasteiger partial charge is 0.414 e. The average Bonchev–Trinajstić information content (AvgIpc) is 2.34. The Kier molecular flexibility index (Phi) is 5.75. The van der Waals surface area contributed by atoms with Gasteiger partial charge >= 0.3 is 6.18 Å². The second-order valence-electron chi connectivity index (χ2n) is 4.15. The summed E-state index contributed by atoms with van der Waals surface area (Å²) in [5, 5.41) is 2.91. The van der Waals surface area contributed by atoms with Crippen molar-refractivity contribution in [3.8, 4) is 0 Å². The maximum absolute atomic E-state index is 13.6. The third-order valence-corrected chi connectivity index (χ3v) is 2.71. The molecule has 0 aromatic heterocycles. The molecule has 108 valence electrons. The smallest absolute Gasteiger partial charge is 0.367 e. The van der Waals surface area contributed by atoms with E-state index in [9.17, 15) is 17.6 Å². The average molecular weight is 279 g/mol. The molecule has 2 atom stereocenters. The SMILES string of the molecule is CCNC(COC(C)C(F)(F)F)c1ccccc1F. The third kappa shape index (κ3) is 4.80. The lowest BCUT2D eigenvalue weighted by molar-refractivity contribution is -0.215. The molecule has 1 N–H and O–H groups in total. The van der Waals surface area contributed by atoms with E-state index in [1.165, 1.54) is 18.2 Å². The van der Waals surface area contributed by atoms with E-state index < -0.39 is 24.1 Å². The van der Waals surface area contributed by atoms with E-state index in [0.29, 0.717) is 12.1 Å². The van der Waals surface area contributed by atoms with Gasteiger partial charge in [0.1, 0.15) is 5.82 Å². The number of halogens is 4. The van der Waals surface area contributed by atoms with Gasteiger partial charge in [0.2, 0.25) is 0 Å². The number of nitrogens with one attached hydrogen (secondary N) is 1. The number of likely N-dealkylation sites (N-methyl/N-ethyl adjacent to an activating group) is 1. The van der Waals surface area contributed by atoms with Gasteiger partial charge in [0.25, 0.3) is 0 Å². The highest BCUT2D eigenvalue weighted by Gasteiger charge is 2.37. The van der Waals surface area contributed by atoms with Crippen LogP contribution in [0.2, 0.25) is 0 Å². The van der Waals surface area contributed by atoms with Crippen LogP contribution in [0, 0.1) is 5.82 Å². The van der Waals surface area contributed by atoms with E-state index in [1.807, 2.05) is 0 Å². The van der Waals surface area contributed by atoms with Crippen LogP contribution in [0.15, 0.2) is 24.3 Å². The van der Waals surface area contributed by atoms with Gasteiger partial charge in [-0.2, -0.15) is 13.2 Å². The quantitative estimate of drug-likeness (QED) is 0.805. The summed E-state index contributed by atoms with van der Waals surface area (Å²) in [6.07, 6.45) is -6.29. The molecule has 0 saturated carbocycles. The van der Waals surface area contributed by atoms with E-state index in [0.717, 1.165) is 6.92 Å². The first-order valence-electron chi connectivity index (χ1n) is 6.02. The zero-order valence-electron chi connectivity index (χ0n) is 10.8. The lowest BCUT2D eigenvalue weighted by atomic mass is 10.1. The summed E-state index contributed by atoms with van der Waals surface area (Å²) in [4.78, 5) is 0. The normalized spacial score (nSPS) is 15.3. The van der Waals surface area contributed by atoms with Crippen molar-refractivity contribution in [1.82, 2.24) is 5.32 Å². The predicted molar refractivity (Wildman–Crippen MR) is 64.3 cm³/mol. The summed E-state index contributed by atoms with van der Waals surface area (Å²) in [6.45, 7) is 2.99. The minimum Gasteiger partial charge on any atom is -0.367 e. The zero-order chi connectivity index (χ0) is 14.5. The molecule has 2 nitrogen and oxygen atoms in total. The van der Waals surface area contributed by atoms with Crippen LogP contribution in [0.25, 0.3) is 0 Å². The van der Waals surface area contributed by atoms with Gasteiger partial charge in [0.15, 0.2) is 6.10 Å². The van der Waals surface area contributed by atoms with Gasteiger partial charge in [-0.1, -0.05) is 25.1 Å². The fourth-order valence-electron chi connectivity index (χ4n) is 1.60. The Hall–Kier alpha value is -1.14. The summed E-state index contributed by atoms with van der Waals surface area (Å²) in [6, 6.07) is 5.37. The second kappa shape index (κ2) is 6.86. The van der Waals surface area contributed by atoms with Crippen LogP contribution in [-0.4, -0.2) is 25.4 Å². The molecule has 0 heterocycles. The molecule has 0 aliphatic carbocycles. The van der Waals surface area contributed by atoms with Gasteiger partial charge in [-0.3, -0.25) is 0 Å². The highest BCUT2D eigenvalue weighted by molar-refractivity contribution is 5.21. The van der Waals surface area contributed by atoms with E-state index in [-0.39, 0.29) is 6.61 Å². The molecule has 2 unspecified atom stereocenters. The van der Waals surface area contributed by atoms with E-state index in [2.05, 4.69) is 5.32 Å². The molecular formula is C13H17F4NO. The lowest BCUT2D eigenvalue weighted by Gasteiger charge is -2.22. The van der Waals surface area contributed by atoms with E-state index in [4.69, 9.17) is 4.74 Å². The maximum Gasteiger partial charge on any atom is 0.414 e. The predicted octanol–water partition coefficient (Wildman–Crippen LogP) is 3.44. The summed E-state index contributed by atoms with van der Waals surface area (Å²) in [7, 11) is 0. The van der Waals surface area contributed by atoms with E-state index in [1.54, 1.807) is 13.0 Å². The van der Waals surface area contributed by atoms with Crippen molar-refractivity contribution in [3.05, 3.63) is 35.6 Å². The van der Waals surface area contributed by atoms with Crippen LogP contribution < -0.4 is 5.32 Å². The fraction of sp³-hybridized carbons (Fsp3) is 0.538. The van der Waals surface area contributed by atoms with Crippen molar-refractivity contribution < 1.29 is 22.3 Å². The molecule has 0 aliphatic rings. The van der Waals surface area contributed by atoms with Gasteiger partial charge in [0.05, 0.1) is 12.6 Å². The highest BCUT2D eigenvalue weighted by atomic mass is 19.4. The Morgan fingerprint density at radius 1 is 1.26 bits per heavy atom. The number of hydrogen-bond donors (Lipinski definition) is 1. The Morgan fingerprint density at radius 2 is 1.89 bits per heavy atom.